The third-order valence-corrected chi connectivity index (χ3v) is 6.06. The van der Waals surface area contributed by atoms with Crippen LogP contribution in [0.4, 0.5) is 4.39 Å². The van der Waals surface area contributed by atoms with Crippen LogP contribution in [0.5, 0.6) is 0 Å². The second-order valence-electron chi connectivity index (χ2n) is 8.68. The Hall–Kier alpha value is -3.94. The fourth-order valence-corrected chi connectivity index (χ4v) is 4.38. The van der Waals surface area contributed by atoms with Gasteiger partial charge in [-0.2, -0.15) is 0 Å². The van der Waals surface area contributed by atoms with Gasteiger partial charge in [0.1, 0.15) is 11.5 Å². The molecule has 0 unspecified atom stereocenters. The Morgan fingerprint density at radius 2 is 2.09 bits per heavy atom. The number of amides is 1. The molecule has 1 aromatic carbocycles. The molecule has 1 N–H and O–H groups in total. The number of nitrogens with zero attached hydrogens (tertiary/aromatic N) is 5. The van der Waals surface area contributed by atoms with Crippen molar-refractivity contribution in [1.82, 2.24) is 29.8 Å². The fourth-order valence-electron chi connectivity index (χ4n) is 4.38. The molecule has 1 fully saturated rings. The number of rotatable bonds is 5. The molecule has 0 spiro atoms. The van der Waals surface area contributed by atoms with Gasteiger partial charge in [-0.25, -0.2) is 14.4 Å². The Morgan fingerprint density at radius 1 is 1.18 bits per heavy atom. The highest BCUT2D eigenvalue weighted by Gasteiger charge is 2.27. The molecule has 1 aliphatic heterocycles. The number of likely N-dealkylation sites (tertiary alicyclic amines) is 1. The number of carbonyl (C=O) groups excluding carboxylic acids is 1. The van der Waals surface area contributed by atoms with E-state index in [2.05, 4.69) is 19.9 Å². The summed E-state index contributed by atoms with van der Waals surface area (Å²) in [6.07, 6.45) is 9.19. The van der Waals surface area contributed by atoms with E-state index in [0.29, 0.717) is 36.6 Å². The maximum Gasteiger partial charge on any atom is 0.253 e. The number of aryl methyl sites for hydroxylation is 1. The minimum absolute atomic E-state index is 0.0293. The topological polar surface area (TPSA) is 87.7 Å². The number of hydrogen-bond acceptors (Lipinski definition) is 5. The third-order valence-electron chi connectivity index (χ3n) is 6.06. The van der Waals surface area contributed by atoms with Crippen LogP contribution in [0.3, 0.4) is 0 Å². The summed E-state index contributed by atoms with van der Waals surface area (Å²) in [4.78, 5) is 36.3. The number of nitrogens with one attached hydrogen (secondary N) is 1. The molecule has 3 aromatic heterocycles. The normalized spacial score (nSPS) is 15.9. The molecule has 5 rings (SSSR count). The molecule has 0 aliphatic carbocycles. The van der Waals surface area contributed by atoms with Crippen LogP contribution in [0.25, 0.3) is 11.5 Å². The Balaban J connectivity index is 1.31. The van der Waals surface area contributed by atoms with Crippen LogP contribution < -0.4 is 0 Å². The molecule has 0 saturated carbocycles. The van der Waals surface area contributed by atoms with Gasteiger partial charge in [-0.05, 0) is 49.6 Å². The van der Waals surface area contributed by atoms with Crippen LogP contribution >= 0.6 is 0 Å². The monoisotopic (exact) mass is 456 g/mol. The average Bonchev–Trinajstić information content (AvgIpc) is 3.30. The maximum absolute atomic E-state index is 13.5. The van der Waals surface area contributed by atoms with Crippen molar-refractivity contribution in [2.24, 2.45) is 0 Å². The molecule has 4 heterocycles. The number of halogens is 1. The number of benzene rings is 1. The summed E-state index contributed by atoms with van der Waals surface area (Å²) in [6.45, 7) is 3.22. The minimum atomic E-state index is -0.279. The highest BCUT2D eigenvalue weighted by molar-refractivity contribution is 5.94. The number of hydrogen-bond donors (Lipinski definition) is 1. The molecular weight excluding hydrogens is 431 g/mol. The van der Waals surface area contributed by atoms with E-state index in [1.54, 1.807) is 43.0 Å². The smallest absolute Gasteiger partial charge is 0.253 e. The van der Waals surface area contributed by atoms with Crippen molar-refractivity contribution in [3.05, 3.63) is 95.2 Å². The minimum Gasteiger partial charge on any atom is -0.341 e. The van der Waals surface area contributed by atoms with Crippen molar-refractivity contribution in [1.29, 1.82) is 0 Å². The number of carbonyl (C=O) groups is 1. The molecule has 1 atom stereocenters. The lowest BCUT2D eigenvalue weighted by molar-refractivity contribution is 0.0705. The van der Waals surface area contributed by atoms with E-state index in [9.17, 15) is 9.18 Å². The van der Waals surface area contributed by atoms with Crippen LogP contribution in [-0.2, 0) is 6.42 Å². The van der Waals surface area contributed by atoms with Crippen molar-refractivity contribution in [3.63, 3.8) is 0 Å². The summed E-state index contributed by atoms with van der Waals surface area (Å²) < 4.78 is 13.5. The summed E-state index contributed by atoms with van der Waals surface area (Å²) in [5, 5.41) is 0. The van der Waals surface area contributed by atoms with Crippen molar-refractivity contribution >= 4 is 5.91 Å². The molecule has 8 heteroatoms. The Labute approximate surface area is 197 Å². The zero-order valence-corrected chi connectivity index (χ0v) is 18.9. The van der Waals surface area contributed by atoms with Crippen molar-refractivity contribution in [2.75, 3.05) is 13.1 Å². The van der Waals surface area contributed by atoms with Crippen molar-refractivity contribution in [2.45, 2.75) is 32.1 Å². The lowest BCUT2D eigenvalue weighted by atomic mass is 9.94. The Morgan fingerprint density at radius 3 is 2.91 bits per heavy atom. The van der Waals surface area contributed by atoms with E-state index >= 15 is 0 Å². The molecule has 4 aromatic rings. The predicted octanol–water partition coefficient (Wildman–Crippen LogP) is 4.32. The maximum atomic E-state index is 13.5. The number of H-pyrrole nitrogens is 1. The standard InChI is InChI=1S/C26H25FN6O/c1-17-13-30-25(31-17)24-15-28-14-23(32-24)20-5-3-9-33(16-20)26(34)19-7-8-29-22(12-19)11-18-4-2-6-21(27)10-18/h2,4,6-8,10,12-15,20H,3,5,9,11,16H2,1H3,(H,30,31)/t20-/m1/s1. The largest absolute Gasteiger partial charge is 0.341 e. The number of imidazole rings is 1. The molecule has 172 valence electrons. The van der Waals surface area contributed by atoms with Crippen molar-refractivity contribution in [3.8, 4) is 11.5 Å². The molecule has 1 amide bonds. The SMILES string of the molecule is Cc1cnc(-c2cncc([C@@H]3CCCN(C(=O)c4ccnc(Cc5cccc(F)c5)c4)C3)n2)[nH]1. The van der Waals surface area contributed by atoms with Gasteiger partial charge in [-0.15, -0.1) is 0 Å². The Bertz CT molecular complexity index is 1320. The number of pyridine rings is 1. The highest BCUT2D eigenvalue weighted by atomic mass is 19.1. The fraction of sp³-hybridized carbons (Fsp3) is 0.269. The Kier molecular flexibility index (Phi) is 6.12. The number of aromatic nitrogens is 5. The van der Waals surface area contributed by atoms with Gasteiger partial charge < -0.3 is 9.88 Å². The van der Waals surface area contributed by atoms with Gasteiger partial charge in [0.15, 0.2) is 5.82 Å². The summed E-state index contributed by atoms with van der Waals surface area (Å²) >= 11 is 0. The summed E-state index contributed by atoms with van der Waals surface area (Å²) in [6, 6.07) is 9.98. The van der Waals surface area contributed by atoms with Gasteiger partial charge in [-0.3, -0.25) is 14.8 Å². The van der Waals surface area contributed by atoms with E-state index in [1.807, 2.05) is 17.9 Å². The van der Waals surface area contributed by atoms with Crippen LogP contribution in [0, 0.1) is 12.7 Å². The van der Waals surface area contributed by atoms with Gasteiger partial charge in [-0.1, -0.05) is 12.1 Å². The van der Waals surface area contributed by atoms with Gasteiger partial charge >= 0.3 is 0 Å². The van der Waals surface area contributed by atoms with E-state index in [1.165, 1.54) is 12.1 Å². The first kappa shape index (κ1) is 21.9. The van der Waals surface area contributed by atoms with Crippen LogP contribution in [-0.4, -0.2) is 48.8 Å². The number of piperidine rings is 1. The van der Waals surface area contributed by atoms with Gasteiger partial charge in [0.2, 0.25) is 0 Å². The zero-order chi connectivity index (χ0) is 23.5. The predicted molar refractivity (Wildman–Crippen MR) is 126 cm³/mol. The lowest BCUT2D eigenvalue weighted by Crippen LogP contribution is -2.39. The summed E-state index contributed by atoms with van der Waals surface area (Å²) in [7, 11) is 0. The molecular formula is C26H25FN6O. The number of aromatic amines is 1. The van der Waals surface area contributed by atoms with Gasteiger partial charge in [0.25, 0.3) is 5.91 Å². The zero-order valence-electron chi connectivity index (χ0n) is 18.9. The van der Waals surface area contributed by atoms with Crippen molar-refractivity contribution < 1.29 is 9.18 Å². The highest BCUT2D eigenvalue weighted by Crippen LogP contribution is 2.27. The van der Waals surface area contributed by atoms with Gasteiger partial charge in [0.05, 0.1) is 11.9 Å². The van der Waals surface area contributed by atoms with E-state index in [-0.39, 0.29) is 17.6 Å². The summed E-state index contributed by atoms with van der Waals surface area (Å²) in [5.74, 6) is 0.491. The van der Waals surface area contributed by atoms with Crippen LogP contribution in [0.15, 0.2) is 61.2 Å². The molecule has 1 saturated heterocycles. The van der Waals surface area contributed by atoms with E-state index in [4.69, 9.17) is 4.98 Å². The first-order chi connectivity index (χ1) is 16.5. The van der Waals surface area contributed by atoms with Gasteiger partial charge in [0, 0.05) is 61.0 Å². The second kappa shape index (κ2) is 9.51. The van der Waals surface area contributed by atoms with Crippen LogP contribution in [0.1, 0.15) is 51.8 Å². The van der Waals surface area contributed by atoms with Crippen LogP contribution in [0.2, 0.25) is 0 Å². The quantitative estimate of drug-likeness (QED) is 0.483. The molecule has 7 nitrogen and oxygen atoms in total. The molecule has 1 aliphatic rings. The average molecular weight is 457 g/mol. The molecule has 0 radical (unpaired) electrons. The second-order valence-corrected chi connectivity index (χ2v) is 8.68. The van der Waals surface area contributed by atoms with E-state index < -0.39 is 0 Å². The van der Waals surface area contributed by atoms with E-state index in [0.717, 1.165) is 35.5 Å². The first-order valence-corrected chi connectivity index (χ1v) is 11.4. The molecule has 34 heavy (non-hydrogen) atoms. The summed E-state index contributed by atoms with van der Waals surface area (Å²) in [5.41, 5.74) is 4.67. The first-order valence-electron chi connectivity index (χ1n) is 11.4. The lowest BCUT2D eigenvalue weighted by Gasteiger charge is -2.32. The third kappa shape index (κ3) is 4.85. The molecule has 0 bridgehead atoms.